The van der Waals surface area contributed by atoms with Crippen molar-refractivity contribution in [1.82, 2.24) is 0 Å². The van der Waals surface area contributed by atoms with Crippen molar-refractivity contribution in [2.24, 2.45) is 21.7 Å². The van der Waals surface area contributed by atoms with Crippen molar-refractivity contribution >= 4 is 23.9 Å². The molecule has 0 heterocycles. The molecule has 0 atom stereocenters. The van der Waals surface area contributed by atoms with E-state index >= 15 is 0 Å². The minimum atomic E-state index is -1.70. The van der Waals surface area contributed by atoms with Crippen molar-refractivity contribution in [1.29, 1.82) is 0 Å². The second kappa shape index (κ2) is 3.80. The van der Waals surface area contributed by atoms with Gasteiger partial charge in [-0.3, -0.25) is 14.4 Å². The first-order valence-electron chi connectivity index (χ1n) is 6.93. The van der Waals surface area contributed by atoms with Crippen LogP contribution in [0.1, 0.15) is 38.5 Å². The summed E-state index contributed by atoms with van der Waals surface area (Å²) in [5, 5.41) is 40.4. The zero-order valence-corrected chi connectivity index (χ0v) is 11.6. The summed E-state index contributed by atoms with van der Waals surface area (Å²) in [6, 6.07) is 0. The van der Waals surface area contributed by atoms with Gasteiger partial charge in [0.05, 0.1) is 16.2 Å². The van der Waals surface area contributed by atoms with E-state index < -0.39 is 45.5 Å². The fourth-order valence-electron chi connectivity index (χ4n) is 5.53. The zero-order valence-electron chi connectivity index (χ0n) is 11.6. The van der Waals surface area contributed by atoms with Gasteiger partial charge in [-0.25, -0.2) is 0 Å². The van der Waals surface area contributed by atoms with E-state index in [1.54, 1.807) is 0 Å². The maximum absolute atomic E-state index is 11.7. The highest BCUT2D eigenvalue weighted by molar-refractivity contribution is 5.89. The Balaban J connectivity index is 2.26. The molecule has 4 fully saturated rings. The number of rotatable bonds is 4. The summed E-state index contributed by atoms with van der Waals surface area (Å²) in [4.78, 5) is 46.9. The Morgan fingerprint density at radius 2 is 0.818 bits per heavy atom. The Morgan fingerprint density at radius 1 is 0.591 bits per heavy atom. The maximum atomic E-state index is 11.7. The summed E-state index contributed by atoms with van der Waals surface area (Å²) in [7, 11) is 0. The standard InChI is InChI=1S/C14H16O8/c15-7(16)11-1-12(8(17)18)4-13(2-11,9(19)20)6-14(3-11,5-12)10(21)22/h1-6H2,(H,15,16)(H,17,18)(H,19,20)(H,21,22)/p-1. The van der Waals surface area contributed by atoms with Crippen molar-refractivity contribution in [2.45, 2.75) is 38.5 Å². The van der Waals surface area contributed by atoms with Gasteiger partial charge in [-0.05, 0) is 38.5 Å². The molecule has 0 unspecified atom stereocenters. The molecule has 8 nitrogen and oxygen atoms in total. The lowest BCUT2D eigenvalue weighted by molar-refractivity contribution is -0.334. The molecule has 4 aliphatic rings. The van der Waals surface area contributed by atoms with Crippen LogP contribution in [-0.4, -0.2) is 39.2 Å². The van der Waals surface area contributed by atoms with Crippen molar-refractivity contribution in [3.8, 4) is 0 Å². The Morgan fingerprint density at radius 3 is 1.00 bits per heavy atom. The molecule has 3 N–H and O–H groups in total. The third kappa shape index (κ3) is 1.52. The summed E-state index contributed by atoms with van der Waals surface area (Å²) in [5.74, 6) is -5.52. The zero-order chi connectivity index (χ0) is 16.6. The minimum Gasteiger partial charge on any atom is -0.550 e. The summed E-state index contributed by atoms with van der Waals surface area (Å²) in [6.45, 7) is 0. The SMILES string of the molecule is O=C([O-])C12CC3(C(=O)O)CC(C(=O)O)(C1)CC(C(=O)O)(C2)C3. The molecule has 0 saturated heterocycles. The molecule has 120 valence electrons. The van der Waals surface area contributed by atoms with Crippen molar-refractivity contribution in [2.75, 3.05) is 0 Å². The number of carboxylic acid groups (broad SMARTS) is 4. The second-order valence-corrected chi connectivity index (χ2v) is 7.38. The summed E-state index contributed by atoms with van der Waals surface area (Å²) < 4.78 is 0. The van der Waals surface area contributed by atoms with Gasteiger partial charge >= 0.3 is 17.9 Å². The lowest BCUT2D eigenvalue weighted by atomic mass is 9.35. The fourth-order valence-corrected chi connectivity index (χ4v) is 5.53. The molecule has 4 saturated carbocycles. The molecule has 4 aliphatic carbocycles. The number of hydrogen-bond donors (Lipinski definition) is 3. The summed E-state index contributed by atoms with van der Waals surface area (Å²) >= 11 is 0. The predicted molar refractivity (Wildman–Crippen MR) is 65.3 cm³/mol. The van der Waals surface area contributed by atoms with Gasteiger partial charge in [0.15, 0.2) is 0 Å². The normalized spacial score (nSPS) is 45.5. The van der Waals surface area contributed by atoms with E-state index in [1.807, 2.05) is 0 Å². The van der Waals surface area contributed by atoms with Crippen molar-refractivity contribution in [3.63, 3.8) is 0 Å². The molecule has 22 heavy (non-hydrogen) atoms. The van der Waals surface area contributed by atoms with Gasteiger partial charge in [-0.1, -0.05) is 0 Å². The first-order valence-corrected chi connectivity index (χ1v) is 6.93. The van der Waals surface area contributed by atoms with Gasteiger partial charge in [0.1, 0.15) is 0 Å². The molecule has 0 aromatic rings. The summed E-state index contributed by atoms with van der Waals surface area (Å²) in [5.41, 5.74) is -6.60. The van der Waals surface area contributed by atoms with Crippen LogP contribution in [0.5, 0.6) is 0 Å². The van der Waals surface area contributed by atoms with Crippen LogP contribution in [0, 0.1) is 21.7 Å². The smallest absolute Gasteiger partial charge is 0.309 e. The van der Waals surface area contributed by atoms with Gasteiger partial charge in [0.2, 0.25) is 0 Å². The number of carbonyl (C=O) groups excluding carboxylic acids is 1. The molecule has 0 spiro atoms. The monoisotopic (exact) mass is 311 g/mol. The molecular formula is C14H15O8-. The number of carboxylic acids is 4. The first-order chi connectivity index (χ1) is 10.0. The Bertz CT molecular complexity index is 477. The van der Waals surface area contributed by atoms with E-state index in [0.717, 1.165) is 0 Å². The Kier molecular flexibility index (Phi) is 2.55. The molecule has 0 aromatic heterocycles. The van der Waals surface area contributed by atoms with Crippen LogP contribution < -0.4 is 5.11 Å². The van der Waals surface area contributed by atoms with E-state index in [9.17, 15) is 39.6 Å². The van der Waals surface area contributed by atoms with E-state index in [-0.39, 0.29) is 38.5 Å². The van der Waals surface area contributed by atoms with Crippen LogP contribution >= 0.6 is 0 Å². The Hall–Kier alpha value is -2.12. The summed E-state index contributed by atoms with van der Waals surface area (Å²) in [6.07, 6.45) is -1.47. The molecule has 0 amide bonds. The van der Waals surface area contributed by atoms with Gasteiger partial charge in [-0.15, -0.1) is 0 Å². The quantitative estimate of drug-likeness (QED) is 0.617. The average molecular weight is 311 g/mol. The van der Waals surface area contributed by atoms with E-state index in [0.29, 0.717) is 0 Å². The highest BCUT2D eigenvalue weighted by Gasteiger charge is 2.75. The third-order valence-corrected chi connectivity index (χ3v) is 5.85. The largest absolute Gasteiger partial charge is 0.550 e. The molecule has 4 rings (SSSR count). The number of aliphatic carboxylic acids is 4. The highest BCUT2D eigenvalue weighted by Crippen LogP contribution is 2.73. The van der Waals surface area contributed by atoms with Crippen molar-refractivity contribution < 1.29 is 39.6 Å². The van der Waals surface area contributed by atoms with E-state index in [1.165, 1.54) is 0 Å². The van der Waals surface area contributed by atoms with Gasteiger partial charge in [0.25, 0.3) is 0 Å². The Labute approximate surface area is 124 Å². The fraction of sp³-hybridized carbons (Fsp3) is 0.714. The van der Waals surface area contributed by atoms with Crippen molar-refractivity contribution in [3.05, 3.63) is 0 Å². The molecule has 8 heteroatoms. The van der Waals surface area contributed by atoms with E-state index in [2.05, 4.69) is 0 Å². The van der Waals surface area contributed by atoms with Gasteiger partial charge in [0, 0.05) is 11.4 Å². The van der Waals surface area contributed by atoms with Crippen LogP contribution in [0.2, 0.25) is 0 Å². The van der Waals surface area contributed by atoms with Crippen LogP contribution in [0.25, 0.3) is 0 Å². The van der Waals surface area contributed by atoms with Gasteiger partial charge < -0.3 is 25.2 Å². The van der Waals surface area contributed by atoms with Crippen LogP contribution in [0.4, 0.5) is 0 Å². The topological polar surface area (TPSA) is 152 Å². The molecular weight excluding hydrogens is 296 g/mol. The molecule has 4 bridgehead atoms. The predicted octanol–water partition coefficient (Wildman–Crippen LogP) is -0.683. The molecule has 0 aromatic carbocycles. The first kappa shape index (κ1) is 14.8. The van der Waals surface area contributed by atoms with Crippen LogP contribution in [0.3, 0.4) is 0 Å². The van der Waals surface area contributed by atoms with Gasteiger partial charge in [-0.2, -0.15) is 0 Å². The number of carbonyl (C=O) groups is 4. The minimum absolute atomic E-state index is 0.227. The van der Waals surface area contributed by atoms with Crippen LogP contribution in [-0.2, 0) is 19.2 Å². The lowest BCUT2D eigenvalue weighted by Gasteiger charge is -2.66. The van der Waals surface area contributed by atoms with Crippen LogP contribution in [0.15, 0.2) is 0 Å². The lowest BCUT2D eigenvalue weighted by Crippen LogP contribution is -2.69. The highest BCUT2D eigenvalue weighted by atomic mass is 16.4. The van der Waals surface area contributed by atoms with E-state index in [4.69, 9.17) is 0 Å². The number of hydrogen-bond acceptors (Lipinski definition) is 5. The maximum Gasteiger partial charge on any atom is 0.309 e. The third-order valence-electron chi connectivity index (χ3n) is 5.85. The second-order valence-electron chi connectivity index (χ2n) is 7.38. The molecule has 0 radical (unpaired) electrons. The molecule has 0 aliphatic heterocycles. The average Bonchev–Trinajstić information content (AvgIpc) is 2.36.